The van der Waals surface area contributed by atoms with Crippen LogP contribution in [-0.4, -0.2) is 44.9 Å². The summed E-state index contributed by atoms with van der Waals surface area (Å²) in [6, 6.07) is 10.1. The molecule has 1 aliphatic rings. The van der Waals surface area contributed by atoms with Gasteiger partial charge in [-0.05, 0) is 23.8 Å². The third-order valence-corrected chi connectivity index (χ3v) is 4.42. The smallest absolute Gasteiger partial charge is 0.312 e. The predicted octanol–water partition coefficient (Wildman–Crippen LogP) is 2.54. The molecule has 0 spiro atoms. The molecule has 7 nitrogen and oxygen atoms in total. The Morgan fingerprint density at radius 2 is 1.65 bits per heavy atom. The van der Waals surface area contributed by atoms with Gasteiger partial charge in [-0.2, -0.15) is 0 Å². The zero-order chi connectivity index (χ0) is 18.8. The van der Waals surface area contributed by atoms with E-state index in [1.54, 1.807) is 36.4 Å². The molecule has 1 atom stereocenters. The maximum Gasteiger partial charge on any atom is 0.312 e. The normalized spacial score (nSPS) is 15.3. The van der Waals surface area contributed by atoms with Crippen molar-refractivity contribution in [2.45, 2.75) is 5.92 Å². The minimum absolute atomic E-state index is 0.0736. The average molecular weight is 357 g/mol. The van der Waals surface area contributed by atoms with E-state index >= 15 is 0 Å². The first-order chi connectivity index (χ1) is 12.5. The summed E-state index contributed by atoms with van der Waals surface area (Å²) < 4.78 is 15.9. The Hall–Kier alpha value is -3.22. The third kappa shape index (κ3) is 2.81. The van der Waals surface area contributed by atoms with Gasteiger partial charge in [0.2, 0.25) is 5.75 Å². The van der Waals surface area contributed by atoms with Crippen molar-refractivity contribution in [3.63, 3.8) is 0 Å². The largest absolute Gasteiger partial charge is 0.493 e. The Morgan fingerprint density at radius 3 is 2.19 bits per heavy atom. The number of carbonyl (C=O) groups excluding carboxylic acids is 1. The Morgan fingerprint density at radius 1 is 1.04 bits per heavy atom. The quantitative estimate of drug-likeness (QED) is 0.885. The van der Waals surface area contributed by atoms with Crippen LogP contribution in [0, 0.1) is 0 Å². The van der Waals surface area contributed by atoms with Crippen molar-refractivity contribution in [3.05, 3.63) is 47.5 Å². The molecule has 0 radical (unpaired) electrons. The highest BCUT2D eigenvalue weighted by molar-refractivity contribution is 6.09. The van der Waals surface area contributed by atoms with Crippen LogP contribution in [0.25, 0.3) is 0 Å². The lowest BCUT2D eigenvalue weighted by molar-refractivity contribution is -0.138. The van der Waals surface area contributed by atoms with Crippen molar-refractivity contribution in [2.24, 2.45) is 0 Å². The molecule has 1 aliphatic heterocycles. The van der Waals surface area contributed by atoms with Gasteiger partial charge in [-0.25, -0.2) is 0 Å². The number of para-hydroxylation sites is 1. The molecule has 0 saturated carbocycles. The highest BCUT2D eigenvalue weighted by atomic mass is 16.5. The topological polar surface area (TPSA) is 85.3 Å². The first kappa shape index (κ1) is 17.6. The van der Waals surface area contributed by atoms with Gasteiger partial charge in [0, 0.05) is 17.8 Å². The van der Waals surface area contributed by atoms with Crippen LogP contribution in [-0.2, 0) is 4.79 Å². The fourth-order valence-corrected chi connectivity index (χ4v) is 3.17. The number of anilines is 1. The predicted molar refractivity (Wildman–Crippen MR) is 94.6 cm³/mol. The van der Waals surface area contributed by atoms with Gasteiger partial charge in [-0.3, -0.25) is 9.59 Å². The third-order valence-electron chi connectivity index (χ3n) is 4.42. The molecule has 0 aromatic heterocycles. The first-order valence-corrected chi connectivity index (χ1v) is 7.95. The van der Waals surface area contributed by atoms with Crippen molar-refractivity contribution in [3.8, 4) is 17.2 Å². The second-order valence-electron chi connectivity index (χ2n) is 5.78. The fourth-order valence-electron chi connectivity index (χ4n) is 3.17. The van der Waals surface area contributed by atoms with Crippen LogP contribution in [0.2, 0.25) is 0 Å². The molecule has 0 bridgehead atoms. The molecule has 1 unspecified atom stereocenters. The summed E-state index contributed by atoms with van der Waals surface area (Å²) in [7, 11) is 4.42. The SMILES string of the molecule is COc1cc(C(=O)N2CC(C(=O)O)c3ccccc32)cc(OC)c1OC. The van der Waals surface area contributed by atoms with Crippen LogP contribution in [0.4, 0.5) is 5.69 Å². The van der Waals surface area contributed by atoms with Crippen LogP contribution >= 0.6 is 0 Å². The van der Waals surface area contributed by atoms with Crippen LogP contribution in [0.15, 0.2) is 36.4 Å². The summed E-state index contributed by atoms with van der Waals surface area (Å²) in [4.78, 5) is 26.1. The van der Waals surface area contributed by atoms with Crippen molar-refractivity contribution in [1.82, 2.24) is 0 Å². The maximum atomic E-state index is 13.1. The standard InChI is InChI=1S/C19H19NO6/c1-24-15-8-11(9-16(25-2)17(15)26-3)18(21)20-10-13(19(22)23)12-6-4-5-7-14(12)20/h4-9,13H,10H2,1-3H3,(H,22,23). The molecule has 2 aromatic carbocycles. The summed E-state index contributed by atoms with van der Waals surface area (Å²) in [5.74, 6) is -0.943. The van der Waals surface area contributed by atoms with E-state index in [1.165, 1.54) is 26.2 Å². The summed E-state index contributed by atoms with van der Waals surface area (Å²) in [6.07, 6.45) is 0. The molecule has 0 aliphatic carbocycles. The number of nitrogens with zero attached hydrogens (tertiary/aromatic N) is 1. The van der Waals surface area contributed by atoms with E-state index in [4.69, 9.17) is 14.2 Å². The van der Waals surface area contributed by atoms with Gasteiger partial charge in [0.25, 0.3) is 5.91 Å². The summed E-state index contributed by atoms with van der Waals surface area (Å²) in [6.45, 7) is 0.0736. The molecule has 0 saturated heterocycles. The maximum absolute atomic E-state index is 13.1. The van der Waals surface area contributed by atoms with Crippen LogP contribution < -0.4 is 19.1 Å². The minimum Gasteiger partial charge on any atom is -0.493 e. The molecule has 1 heterocycles. The minimum atomic E-state index is -0.961. The van der Waals surface area contributed by atoms with Crippen molar-refractivity contribution >= 4 is 17.6 Å². The number of amides is 1. The van der Waals surface area contributed by atoms with Gasteiger partial charge in [-0.15, -0.1) is 0 Å². The first-order valence-electron chi connectivity index (χ1n) is 7.95. The molecular weight excluding hydrogens is 338 g/mol. The number of carboxylic acids is 1. The lowest BCUT2D eigenvalue weighted by Crippen LogP contribution is -2.31. The summed E-state index contributed by atoms with van der Waals surface area (Å²) >= 11 is 0. The van der Waals surface area contributed by atoms with Gasteiger partial charge in [0.15, 0.2) is 11.5 Å². The number of carbonyl (C=O) groups is 2. The lowest BCUT2D eigenvalue weighted by atomic mass is 10.0. The monoisotopic (exact) mass is 357 g/mol. The van der Waals surface area contributed by atoms with E-state index < -0.39 is 11.9 Å². The second kappa shape index (κ2) is 6.95. The zero-order valence-electron chi connectivity index (χ0n) is 14.7. The molecule has 1 amide bonds. The number of hydrogen-bond donors (Lipinski definition) is 1. The number of carboxylic acid groups (broad SMARTS) is 1. The van der Waals surface area contributed by atoms with Crippen LogP contribution in [0.3, 0.4) is 0 Å². The molecule has 0 fully saturated rings. The van der Waals surface area contributed by atoms with Gasteiger partial charge < -0.3 is 24.2 Å². The molecule has 2 aromatic rings. The molecule has 3 rings (SSSR count). The van der Waals surface area contributed by atoms with Crippen molar-refractivity contribution in [2.75, 3.05) is 32.8 Å². The second-order valence-corrected chi connectivity index (χ2v) is 5.78. The number of rotatable bonds is 5. The molecule has 136 valence electrons. The van der Waals surface area contributed by atoms with Gasteiger partial charge in [-0.1, -0.05) is 18.2 Å². The van der Waals surface area contributed by atoms with E-state index in [-0.39, 0.29) is 12.5 Å². The highest BCUT2D eigenvalue weighted by Gasteiger charge is 2.37. The molecule has 7 heteroatoms. The Labute approximate surface area is 150 Å². The zero-order valence-corrected chi connectivity index (χ0v) is 14.7. The highest BCUT2D eigenvalue weighted by Crippen LogP contribution is 2.41. The number of fused-ring (bicyclic) bond motifs is 1. The van der Waals surface area contributed by atoms with E-state index in [9.17, 15) is 14.7 Å². The number of methoxy groups -OCH3 is 3. The van der Waals surface area contributed by atoms with Crippen LogP contribution in [0.5, 0.6) is 17.2 Å². The Balaban J connectivity index is 2.04. The Kier molecular flexibility index (Phi) is 4.71. The van der Waals surface area contributed by atoms with Crippen LogP contribution in [0.1, 0.15) is 21.8 Å². The number of benzene rings is 2. The van der Waals surface area contributed by atoms with E-state index in [2.05, 4.69) is 0 Å². The average Bonchev–Trinajstić information content (AvgIpc) is 3.06. The van der Waals surface area contributed by atoms with E-state index in [0.29, 0.717) is 34.1 Å². The van der Waals surface area contributed by atoms with Gasteiger partial charge in [0.1, 0.15) is 5.92 Å². The number of aliphatic carboxylic acids is 1. The number of ether oxygens (including phenoxy) is 3. The summed E-state index contributed by atoms with van der Waals surface area (Å²) in [5.41, 5.74) is 1.54. The van der Waals surface area contributed by atoms with Gasteiger partial charge >= 0.3 is 5.97 Å². The lowest BCUT2D eigenvalue weighted by Gasteiger charge is -2.19. The number of hydrogen-bond acceptors (Lipinski definition) is 5. The van der Waals surface area contributed by atoms with Crippen molar-refractivity contribution in [1.29, 1.82) is 0 Å². The van der Waals surface area contributed by atoms with Crippen molar-refractivity contribution < 1.29 is 28.9 Å². The van der Waals surface area contributed by atoms with E-state index in [1.807, 2.05) is 0 Å². The molecule has 26 heavy (non-hydrogen) atoms. The van der Waals surface area contributed by atoms with Gasteiger partial charge in [0.05, 0.1) is 21.3 Å². The fraction of sp³-hybridized carbons (Fsp3) is 0.263. The molecular formula is C19H19NO6. The summed E-state index contributed by atoms with van der Waals surface area (Å²) in [5, 5.41) is 9.47. The molecule has 1 N–H and O–H groups in total. The Bertz CT molecular complexity index is 838. The van der Waals surface area contributed by atoms with E-state index in [0.717, 1.165) is 0 Å².